The van der Waals surface area contributed by atoms with Gasteiger partial charge in [-0.2, -0.15) is 0 Å². The van der Waals surface area contributed by atoms with Crippen molar-refractivity contribution in [3.63, 3.8) is 0 Å². The molecule has 2 N–H and O–H groups in total. The molecule has 0 unspecified atom stereocenters. The topological polar surface area (TPSA) is 113 Å². The van der Waals surface area contributed by atoms with Gasteiger partial charge >= 0.3 is 0 Å². The molecule has 0 saturated heterocycles. The summed E-state index contributed by atoms with van der Waals surface area (Å²) in [6.45, 7) is 5.10. The molecule has 0 aromatic heterocycles. The van der Waals surface area contributed by atoms with E-state index in [2.05, 4.69) is 10.0 Å². The lowest BCUT2D eigenvalue weighted by molar-refractivity contribution is -0.116. The highest BCUT2D eigenvalue weighted by molar-refractivity contribution is 7.92. The number of para-hydroxylation sites is 1. The molecule has 0 spiro atoms. The van der Waals surface area contributed by atoms with Crippen LogP contribution in [0.2, 0.25) is 5.02 Å². The largest absolute Gasteiger partial charge is 0.324 e. The molecule has 186 valence electrons. The molecular formula is C24H26ClN3O5S2. The first kappa shape index (κ1) is 26.5. The number of amides is 1. The first-order valence-corrected chi connectivity index (χ1v) is 14.3. The van der Waals surface area contributed by atoms with Gasteiger partial charge in [-0.25, -0.2) is 16.8 Å². The number of nitrogens with zero attached hydrogens (tertiary/aromatic N) is 1. The van der Waals surface area contributed by atoms with Crippen molar-refractivity contribution in [1.82, 2.24) is 0 Å². The van der Waals surface area contributed by atoms with Crippen LogP contribution in [0.3, 0.4) is 0 Å². The van der Waals surface area contributed by atoms with Gasteiger partial charge in [0.25, 0.3) is 10.0 Å². The van der Waals surface area contributed by atoms with E-state index in [9.17, 15) is 21.6 Å². The molecule has 35 heavy (non-hydrogen) atoms. The number of carbonyl (C=O) groups is 1. The Morgan fingerprint density at radius 3 is 2.17 bits per heavy atom. The molecule has 0 aliphatic carbocycles. The van der Waals surface area contributed by atoms with Crippen molar-refractivity contribution < 1.29 is 21.6 Å². The van der Waals surface area contributed by atoms with Crippen LogP contribution in [0.25, 0.3) is 0 Å². The zero-order chi connectivity index (χ0) is 26.0. The van der Waals surface area contributed by atoms with E-state index in [1.165, 1.54) is 31.2 Å². The Labute approximate surface area is 211 Å². The first-order valence-electron chi connectivity index (χ1n) is 10.5. The van der Waals surface area contributed by atoms with E-state index in [1.807, 2.05) is 13.0 Å². The number of halogens is 1. The summed E-state index contributed by atoms with van der Waals surface area (Å²) in [6, 6.07) is 16.3. The molecule has 11 heteroatoms. The van der Waals surface area contributed by atoms with E-state index in [4.69, 9.17) is 11.6 Å². The van der Waals surface area contributed by atoms with Crippen molar-refractivity contribution in [3.05, 3.63) is 82.9 Å². The number of hydrogen-bond donors (Lipinski definition) is 2. The van der Waals surface area contributed by atoms with Crippen molar-refractivity contribution in [2.45, 2.75) is 31.7 Å². The van der Waals surface area contributed by atoms with Gasteiger partial charge in [0.05, 0.1) is 27.5 Å². The van der Waals surface area contributed by atoms with Crippen LogP contribution in [-0.2, 0) is 24.8 Å². The number of nitrogens with one attached hydrogen (secondary N) is 2. The van der Waals surface area contributed by atoms with Crippen LogP contribution in [-0.4, -0.2) is 35.0 Å². The molecule has 3 aromatic carbocycles. The lowest BCUT2D eigenvalue weighted by atomic mass is 10.1. The highest BCUT2D eigenvalue weighted by Gasteiger charge is 2.30. The first-order chi connectivity index (χ1) is 16.3. The Morgan fingerprint density at radius 2 is 1.57 bits per heavy atom. The van der Waals surface area contributed by atoms with Gasteiger partial charge in [0.2, 0.25) is 15.9 Å². The molecule has 0 aliphatic heterocycles. The van der Waals surface area contributed by atoms with Crippen LogP contribution in [0.4, 0.5) is 17.1 Å². The second kappa shape index (κ2) is 10.3. The smallest absolute Gasteiger partial charge is 0.261 e. The zero-order valence-electron chi connectivity index (χ0n) is 19.6. The second-order valence-electron chi connectivity index (χ2n) is 8.12. The van der Waals surface area contributed by atoms with Gasteiger partial charge in [-0.15, -0.1) is 0 Å². The van der Waals surface area contributed by atoms with Crippen LogP contribution in [0, 0.1) is 13.8 Å². The summed E-state index contributed by atoms with van der Waals surface area (Å²) in [7, 11) is -7.69. The summed E-state index contributed by atoms with van der Waals surface area (Å²) in [5, 5.41) is 2.91. The van der Waals surface area contributed by atoms with Crippen LogP contribution in [0.15, 0.2) is 71.6 Å². The van der Waals surface area contributed by atoms with Gasteiger partial charge in [-0.05, 0) is 74.4 Å². The van der Waals surface area contributed by atoms with Crippen LogP contribution in [0.1, 0.15) is 18.1 Å². The third-order valence-corrected chi connectivity index (χ3v) is 8.18. The molecule has 3 aromatic rings. The number of rotatable bonds is 8. The summed E-state index contributed by atoms with van der Waals surface area (Å²) < 4.78 is 54.0. The normalized spacial score (nSPS) is 12.6. The fourth-order valence-corrected chi connectivity index (χ4v) is 5.99. The van der Waals surface area contributed by atoms with Crippen molar-refractivity contribution in [2.24, 2.45) is 0 Å². The predicted octanol–water partition coefficient (Wildman–Crippen LogP) is 4.55. The average molecular weight is 536 g/mol. The van der Waals surface area contributed by atoms with E-state index in [0.717, 1.165) is 16.1 Å². The standard InChI is InChI=1S/C24H26ClN3O5S2/c1-16-9-10-17(2)23(15-16)28(34(4,30)31)18(3)24(29)26-19-11-13-20(14-12-19)35(32,33)27-22-8-6-5-7-21(22)25/h5-15,18,27H,1-4H3,(H,26,29)/t18-/m0/s1. The van der Waals surface area contributed by atoms with Crippen molar-refractivity contribution >= 4 is 54.6 Å². The molecule has 0 fully saturated rings. The maximum atomic E-state index is 13.0. The molecule has 1 atom stereocenters. The summed E-state index contributed by atoms with van der Waals surface area (Å²) in [5.41, 5.74) is 2.54. The van der Waals surface area contributed by atoms with Gasteiger partial charge in [0, 0.05) is 5.69 Å². The molecule has 0 saturated carbocycles. The van der Waals surface area contributed by atoms with E-state index in [-0.39, 0.29) is 15.6 Å². The van der Waals surface area contributed by atoms with Crippen molar-refractivity contribution in [2.75, 3.05) is 20.6 Å². The Bertz CT molecular complexity index is 1460. The van der Waals surface area contributed by atoms with Gasteiger partial charge in [-0.3, -0.25) is 13.8 Å². The third-order valence-electron chi connectivity index (χ3n) is 5.24. The SMILES string of the molecule is Cc1ccc(C)c(N([C@@H](C)C(=O)Nc2ccc(S(=O)(=O)Nc3ccccc3Cl)cc2)S(C)(=O)=O)c1. The van der Waals surface area contributed by atoms with Gasteiger partial charge in [-0.1, -0.05) is 35.9 Å². The van der Waals surface area contributed by atoms with Crippen molar-refractivity contribution in [1.29, 1.82) is 0 Å². The number of sulfonamides is 2. The maximum Gasteiger partial charge on any atom is 0.261 e. The molecule has 0 radical (unpaired) electrons. The van der Waals surface area contributed by atoms with Gasteiger partial charge in [0.15, 0.2) is 0 Å². The van der Waals surface area contributed by atoms with Crippen LogP contribution >= 0.6 is 11.6 Å². The minimum atomic E-state index is -3.91. The lowest BCUT2D eigenvalue weighted by Gasteiger charge is -2.29. The van der Waals surface area contributed by atoms with E-state index in [0.29, 0.717) is 16.9 Å². The number of anilines is 3. The third kappa shape index (κ3) is 6.33. The maximum absolute atomic E-state index is 13.0. The minimum absolute atomic E-state index is 0.0309. The molecule has 0 heterocycles. The summed E-state index contributed by atoms with van der Waals surface area (Å²) in [6.07, 6.45) is 1.05. The van der Waals surface area contributed by atoms with E-state index in [1.54, 1.807) is 43.3 Å². The monoisotopic (exact) mass is 535 g/mol. The fourth-order valence-electron chi connectivity index (χ4n) is 3.45. The number of benzene rings is 3. The average Bonchev–Trinajstić information content (AvgIpc) is 2.77. The highest BCUT2D eigenvalue weighted by Crippen LogP contribution is 2.27. The Balaban J connectivity index is 1.80. The zero-order valence-corrected chi connectivity index (χ0v) is 22.0. The summed E-state index contributed by atoms with van der Waals surface area (Å²) in [5.74, 6) is -0.568. The molecule has 3 rings (SSSR count). The molecule has 0 aliphatic rings. The summed E-state index contributed by atoms with van der Waals surface area (Å²) in [4.78, 5) is 12.9. The van der Waals surface area contributed by atoms with Crippen LogP contribution in [0.5, 0.6) is 0 Å². The molecule has 0 bridgehead atoms. The minimum Gasteiger partial charge on any atom is -0.324 e. The molecule has 1 amide bonds. The quantitative estimate of drug-likeness (QED) is 0.439. The van der Waals surface area contributed by atoms with E-state index >= 15 is 0 Å². The fraction of sp³-hybridized carbons (Fsp3) is 0.208. The number of hydrogen-bond acceptors (Lipinski definition) is 5. The Morgan fingerprint density at radius 1 is 0.943 bits per heavy atom. The Kier molecular flexibility index (Phi) is 7.78. The summed E-state index contributed by atoms with van der Waals surface area (Å²) >= 11 is 6.03. The molecule has 8 nitrogen and oxygen atoms in total. The molecular weight excluding hydrogens is 510 g/mol. The Hall–Kier alpha value is -3.08. The number of carbonyl (C=O) groups excluding carboxylic acids is 1. The lowest BCUT2D eigenvalue weighted by Crippen LogP contribution is -2.45. The predicted molar refractivity (Wildman–Crippen MR) is 140 cm³/mol. The second-order valence-corrected chi connectivity index (χ2v) is 12.1. The van der Waals surface area contributed by atoms with E-state index < -0.39 is 32.0 Å². The van der Waals surface area contributed by atoms with Gasteiger partial charge in [0.1, 0.15) is 6.04 Å². The number of aryl methyl sites for hydroxylation is 2. The van der Waals surface area contributed by atoms with Crippen LogP contribution < -0.4 is 14.3 Å². The highest BCUT2D eigenvalue weighted by atomic mass is 35.5. The van der Waals surface area contributed by atoms with Gasteiger partial charge < -0.3 is 5.32 Å². The van der Waals surface area contributed by atoms with Crippen molar-refractivity contribution in [3.8, 4) is 0 Å².